The zero-order valence-electron chi connectivity index (χ0n) is 43.4. The van der Waals surface area contributed by atoms with Gasteiger partial charge in [-0.3, -0.25) is 18.3 Å². The molecule has 9 heterocycles. The maximum atomic E-state index is 5.54. The third-order valence-corrected chi connectivity index (χ3v) is 15.3. The van der Waals surface area contributed by atoms with E-state index in [2.05, 4.69) is 175 Å². The van der Waals surface area contributed by atoms with Crippen LogP contribution in [0, 0.1) is 0 Å². The van der Waals surface area contributed by atoms with Crippen LogP contribution in [0.4, 0.5) is 17.1 Å². The Kier molecular flexibility index (Phi) is 10.7. The SMILES string of the molecule is c1ccc(N2c3cc(-c4nc5cccnc5n4-c4ccccc4)c(-c4nc5cccnc5n4-c4ccccc4)cc3CCc3c(-c4nc5cccnc5n4-c4ccccc4)cc(-c4nc5cccnc5n4-c4ccccc4)cc32)cc1. The van der Waals surface area contributed by atoms with Crippen LogP contribution in [0.15, 0.2) is 249 Å². The van der Waals surface area contributed by atoms with Crippen molar-refractivity contribution in [2.45, 2.75) is 12.8 Å². The van der Waals surface area contributed by atoms with Gasteiger partial charge in [-0.05, 0) is 157 Å². The van der Waals surface area contributed by atoms with Crippen molar-refractivity contribution in [3.05, 3.63) is 260 Å². The van der Waals surface area contributed by atoms with Gasteiger partial charge in [0.2, 0.25) is 0 Å². The molecule has 0 saturated heterocycles. The monoisotopic (exact) mass is 1040 g/mol. The first kappa shape index (κ1) is 46.0. The van der Waals surface area contributed by atoms with Crippen LogP contribution in [-0.2, 0) is 12.8 Å². The lowest BCUT2D eigenvalue weighted by Crippen LogP contribution is -2.14. The van der Waals surface area contributed by atoms with Gasteiger partial charge in [0.1, 0.15) is 45.4 Å². The van der Waals surface area contributed by atoms with E-state index in [0.717, 1.165) is 135 Å². The Labute approximate surface area is 464 Å². The number of imidazole rings is 4. The number of nitrogens with zero attached hydrogens (tertiary/aromatic N) is 13. The van der Waals surface area contributed by atoms with Crippen LogP contribution in [0.2, 0.25) is 0 Å². The van der Waals surface area contributed by atoms with Crippen molar-refractivity contribution >= 4 is 61.7 Å². The maximum Gasteiger partial charge on any atom is 0.164 e. The van der Waals surface area contributed by atoms with Gasteiger partial charge in [0.05, 0.1) is 11.4 Å². The number of aromatic nitrogens is 12. The van der Waals surface area contributed by atoms with Crippen molar-refractivity contribution in [2.75, 3.05) is 4.90 Å². The first-order valence-electron chi connectivity index (χ1n) is 27.0. The van der Waals surface area contributed by atoms with Gasteiger partial charge in [-0.15, -0.1) is 0 Å². The highest BCUT2D eigenvalue weighted by Gasteiger charge is 2.33. The fraction of sp³-hybridized carbons (Fsp3) is 0.0294. The number of pyridine rings is 4. The largest absolute Gasteiger partial charge is 0.310 e. The van der Waals surface area contributed by atoms with Crippen molar-refractivity contribution < 1.29 is 0 Å². The smallest absolute Gasteiger partial charge is 0.164 e. The number of hydrogen-bond acceptors (Lipinski definition) is 9. The predicted molar refractivity (Wildman–Crippen MR) is 320 cm³/mol. The molecule has 0 aliphatic carbocycles. The van der Waals surface area contributed by atoms with E-state index in [1.54, 1.807) is 0 Å². The Morgan fingerprint density at radius 2 is 0.642 bits per heavy atom. The lowest BCUT2D eigenvalue weighted by molar-refractivity contribution is 0.969. The molecule has 0 fully saturated rings. The molecule has 0 N–H and O–H groups in total. The number of para-hydroxylation sites is 5. The highest BCUT2D eigenvalue weighted by Crippen LogP contribution is 2.51. The number of hydrogen-bond donors (Lipinski definition) is 0. The van der Waals surface area contributed by atoms with Crippen LogP contribution in [0.3, 0.4) is 0 Å². The molecule has 13 heteroatoms. The molecule has 7 aromatic carbocycles. The summed E-state index contributed by atoms with van der Waals surface area (Å²) in [5, 5.41) is 0. The molecule has 15 aromatic rings. The molecular formula is C68H45N13. The van der Waals surface area contributed by atoms with E-state index >= 15 is 0 Å². The molecule has 0 saturated carbocycles. The zero-order valence-corrected chi connectivity index (χ0v) is 43.4. The van der Waals surface area contributed by atoms with Crippen molar-refractivity contribution in [1.82, 2.24) is 58.1 Å². The van der Waals surface area contributed by atoms with Crippen LogP contribution in [0.5, 0.6) is 0 Å². The molecule has 0 radical (unpaired) electrons. The molecule has 81 heavy (non-hydrogen) atoms. The van der Waals surface area contributed by atoms with Gasteiger partial charge in [-0.1, -0.05) is 91.0 Å². The fourth-order valence-electron chi connectivity index (χ4n) is 11.8. The Balaban J connectivity index is 1.04. The third-order valence-electron chi connectivity index (χ3n) is 15.3. The molecule has 13 nitrogen and oxygen atoms in total. The van der Waals surface area contributed by atoms with E-state index in [-0.39, 0.29) is 0 Å². The molecule has 8 aromatic heterocycles. The third kappa shape index (κ3) is 7.54. The number of fused-ring (bicyclic) bond motifs is 6. The fourth-order valence-corrected chi connectivity index (χ4v) is 11.8. The molecular weight excluding hydrogens is 999 g/mol. The molecule has 16 rings (SSSR count). The minimum absolute atomic E-state index is 0.644. The van der Waals surface area contributed by atoms with Crippen molar-refractivity contribution in [1.29, 1.82) is 0 Å². The van der Waals surface area contributed by atoms with Crippen LogP contribution in [-0.4, -0.2) is 58.1 Å². The van der Waals surface area contributed by atoms with Gasteiger partial charge in [-0.25, -0.2) is 39.9 Å². The van der Waals surface area contributed by atoms with E-state index in [1.165, 1.54) is 0 Å². The normalized spacial score (nSPS) is 12.3. The summed E-state index contributed by atoms with van der Waals surface area (Å²) in [5.74, 6) is 2.96. The van der Waals surface area contributed by atoms with Crippen molar-refractivity contribution in [3.63, 3.8) is 0 Å². The van der Waals surface area contributed by atoms with E-state index in [9.17, 15) is 0 Å². The van der Waals surface area contributed by atoms with Gasteiger partial charge in [0.25, 0.3) is 0 Å². The molecule has 0 amide bonds. The Bertz CT molecular complexity index is 4880. The van der Waals surface area contributed by atoms with Gasteiger partial charge < -0.3 is 4.90 Å². The minimum Gasteiger partial charge on any atom is -0.310 e. The van der Waals surface area contributed by atoms with E-state index in [4.69, 9.17) is 39.9 Å². The lowest BCUT2D eigenvalue weighted by atomic mass is 9.94. The lowest BCUT2D eigenvalue weighted by Gasteiger charge is -2.30. The second-order valence-corrected chi connectivity index (χ2v) is 20.0. The van der Waals surface area contributed by atoms with E-state index < -0.39 is 0 Å². The summed E-state index contributed by atoms with van der Waals surface area (Å²) in [6, 6.07) is 77.3. The van der Waals surface area contributed by atoms with Crippen LogP contribution in [0.1, 0.15) is 11.1 Å². The van der Waals surface area contributed by atoms with Crippen LogP contribution < -0.4 is 4.90 Å². The number of anilines is 3. The summed E-state index contributed by atoms with van der Waals surface area (Å²) in [5.41, 5.74) is 18.6. The van der Waals surface area contributed by atoms with Crippen LogP contribution >= 0.6 is 0 Å². The summed E-state index contributed by atoms with van der Waals surface area (Å²) in [6.45, 7) is 0. The number of benzene rings is 7. The summed E-state index contributed by atoms with van der Waals surface area (Å²) in [4.78, 5) is 44.4. The number of aryl methyl sites for hydroxylation is 1. The molecule has 1 aliphatic heterocycles. The Morgan fingerprint density at radius 3 is 1.06 bits per heavy atom. The molecule has 1 aliphatic rings. The van der Waals surface area contributed by atoms with Crippen molar-refractivity contribution in [3.8, 4) is 68.3 Å². The second-order valence-electron chi connectivity index (χ2n) is 20.0. The summed E-state index contributed by atoms with van der Waals surface area (Å²) >= 11 is 0. The maximum absolute atomic E-state index is 5.54. The van der Waals surface area contributed by atoms with Gasteiger partial charge in [0, 0.05) is 75.5 Å². The average Bonchev–Trinajstić information content (AvgIpc) is 4.07. The Morgan fingerprint density at radius 1 is 0.284 bits per heavy atom. The molecule has 0 bridgehead atoms. The average molecular weight is 1040 g/mol. The van der Waals surface area contributed by atoms with Crippen molar-refractivity contribution in [2.24, 2.45) is 0 Å². The summed E-state index contributed by atoms with van der Waals surface area (Å²) in [6.07, 6.45) is 8.64. The van der Waals surface area contributed by atoms with E-state index in [0.29, 0.717) is 18.7 Å². The minimum atomic E-state index is 0.644. The van der Waals surface area contributed by atoms with Gasteiger partial charge in [-0.2, -0.15) is 0 Å². The first-order chi connectivity index (χ1) is 40.2. The standard InChI is InChI=1S/C68H45N13/c1-6-20-46(21-7-1)77-59-43-54(64-76-58-33-19-39-72-68(58)81(64)50-28-14-5-15-29-50)53(63-75-57-32-18-38-71-67(57)80(63)49-26-12-4-13-27-49)40-44(59)34-35-51-52(62-74-56-31-17-37-70-66(56)79(62)48-24-10-3-11-25-48)41-45(42-60(51)77)61-73-55-30-16-36-69-65(55)78(61)47-22-8-2-9-23-47/h1-33,36-43H,34-35H2. The van der Waals surface area contributed by atoms with Crippen LogP contribution in [0.25, 0.3) is 113 Å². The van der Waals surface area contributed by atoms with Gasteiger partial charge >= 0.3 is 0 Å². The second kappa shape index (κ2) is 18.8. The molecule has 382 valence electrons. The summed E-state index contributed by atoms with van der Waals surface area (Å²) < 4.78 is 8.71. The number of rotatable bonds is 9. The zero-order chi connectivity index (χ0) is 53.4. The Hall–Kier alpha value is -11.2. The predicted octanol–water partition coefficient (Wildman–Crippen LogP) is 14.9. The van der Waals surface area contributed by atoms with E-state index in [1.807, 2.05) is 97.6 Å². The topological polar surface area (TPSA) is 126 Å². The first-order valence-corrected chi connectivity index (χ1v) is 27.0. The van der Waals surface area contributed by atoms with Gasteiger partial charge in [0.15, 0.2) is 22.6 Å². The molecule has 0 atom stereocenters. The quantitative estimate of drug-likeness (QED) is 0.139. The molecule has 0 unspecified atom stereocenters. The molecule has 0 spiro atoms. The highest BCUT2D eigenvalue weighted by molar-refractivity contribution is 5.96. The highest BCUT2D eigenvalue weighted by atomic mass is 15.2. The summed E-state index contributed by atoms with van der Waals surface area (Å²) in [7, 11) is 0.